The normalized spacial score (nSPS) is 15.2. The summed E-state index contributed by atoms with van der Waals surface area (Å²) in [5.41, 5.74) is 0.411. The largest absolute Gasteiger partial charge is 0.490 e. The number of carbonyl (C=O) groups is 1. The molecule has 10 nitrogen and oxygen atoms in total. The van der Waals surface area contributed by atoms with Crippen molar-refractivity contribution in [2.24, 2.45) is 7.05 Å². The van der Waals surface area contributed by atoms with Gasteiger partial charge >= 0.3 is 0 Å². The van der Waals surface area contributed by atoms with Crippen LogP contribution in [0.5, 0.6) is 17.2 Å². The van der Waals surface area contributed by atoms with Crippen LogP contribution in [-0.2, 0) is 17.1 Å². The number of sulfonamides is 1. The number of nitrogens with zero attached hydrogens (tertiary/aromatic N) is 4. The van der Waals surface area contributed by atoms with Crippen molar-refractivity contribution in [3.8, 4) is 17.2 Å². The van der Waals surface area contributed by atoms with Crippen molar-refractivity contribution in [1.29, 1.82) is 0 Å². The Morgan fingerprint density at radius 2 is 1.61 bits per heavy atom. The minimum Gasteiger partial charge on any atom is -0.490 e. The first kappa shape index (κ1) is 24.8. The van der Waals surface area contributed by atoms with Gasteiger partial charge in [0.2, 0.25) is 15.8 Å². The smallest absolute Gasteiger partial charge is 0.254 e. The molecule has 1 aliphatic rings. The van der Waals surface area contributed by atoms with E-state index in [-0.39, 0.29) is 23.9 Å². The van der Waals surface area contributed by atoms with Gasteiger partial charge < -0.3 is 19.1 Å². The summed E-state index contributed by atoms with van der Waals surface area (Å²) < 4.78 is 45.9. The van der Waals surface area contributed by atoms with Gasteiger partial charge in [-0.25, -0.2) is 8.42 Å². The molecule has 33 heavy (non-hydrogen) atoms. The number of benzene rings is 1. The Morgan fingerprint density at radius 3 is 2.15 bits per heavy atom. The fourth-order valence-corrected chi connectivity index (χ4v) is 5.17. The molecular formula is C22H32N4O6S. The molecule has 1 aromatic carbocycles. The summed E-state index contributed by atoms with van der Waals surface area (Å²) in [6.07, 6.45) is 3.35. The first-order chi connectivity index (χ1) is 15.8. The Labute approximate surface area is 195 Å². The Bertz CT molecular complexity index is 1040. The first-order valence-electron chi connectivity index (χ1n) is 11.2. The van der Waals surface area contributed by atoms with E-state index in [2.05, 4.69) is 5.10 Å². The summed E-state index contributed by atoms with van der Waals surface area (Å²) in [5, 5.41) is 3.96. The second kappa shape index (κ2) is 10.9. The molecule has 0 aliphatic carbocycles. The van der Waals surface area contributed by atoms with Crippen molar-refractivity contribution in [2.75, 3.05) is 46.0 Å². The van der Waals surface area contributed by atoms with Crippen molar-refractivity contribution >= 4 is 15.9 Å². The van der Waals surface area contributed by atoms with Gasteiger partial charge in [-0.1, -0.05) is 0 Å². The van der Waals surface area contributed by atoms with Crippen LogP contribution in [0.2, 0.25) is 0 Å². The highest BCUT2D eigenvalue weighted by Crippen LogP contribution is 2.39. The predicted molar refractivity (Wildman–Crippen MR) is 122 cm³/mol. The molecular weight excluding hydrogens is 448 g/mol. The highest BCUT2D eigenvalue weighted by atomic mass is 32.2. The summed E-state index contributed by atoms with van der Waals surface area (Å²) >= 11 is 0. The minimum atomic E-state index is -3.66. The van der Waals surface area contributed by atoms with E-state index < -0.39 is 10.0 Å². The lowest BCUT2D eigenvalue weighted by Gasteiger charge is -2.23. The number of aromatic nitrogens is 2. The molecule has 0 bridgehead atoms. The standard InChI is InChI=1S/C22H32N4O6S/c1-5-30-19-13-17(14-20(31-6-2)21(19)32-7-3)22(27)25-9-8-10-26(12-11-25)33(28,29)18-15-23-24(4)16-18/h13-16H,5-12H2,1-4H3. The van der Waals surface area contributed by atoms with Crippen LogP contribution in [0.4, 0.5) is 0 Å². The van der Waals surface area contributed by atoms with E-state index >= 15 is 0 Å². The zero-order chi connectivity index (χ0) is 24.0. The summed E-state index contributed by atoms with van der Waals surface area (Å²) in [7, 11) is -1.99. The lowest BCUT2D eigenvalue weighted by Crippen LogP contribution is -2.37. The van der Waals surface area contributed by atoms with Crippen molar-refractivity contribution in [2.45, 2.75) is 32.1 Å². The van der Waals surface area contributed by atoms with Crippen molar-refractivity contribution in [3.05, 3.63) is 30.1 Å². The zero-order valence-corrected chi connectivity index (χ0v) is 20.4. The van der Waals surface area contributed by atoms with E-state index in [0.717, 1.165) is 0 Å². The van der Waals surface area contributed by atoms with Crippen LogP contribution in [0.1, 0.15) is 37.6 Å². The Morgan fingerprint density at radius 1 is 0.970 bits per heavy atom. The molecule has 3 rings (SSSR count). The fraction of sp³-hybridized carbons (Fsp3) is 0.545. The summed E-state index contributed by atoms with van der Waals surface area (Å²) in [6.45, 7) is 8.09. The number of amides is 1. The van der Waals surface area contributed by atoms with Crippen LogP contribution >= 0.6 is 0 Å². The Balaban J connectivity index is 1.82. The molecule has 0 atom stereocenters. The number of hydrogen-bond acceptors (Lipinski definition) is 7. The Kier molecular flexibility index (Phi) is 8.20. The van der Waals surface area contributed by atoms with E-state index in [4.69, 9.17) is 14.2 Å². The van der Waals surface area contributed by atoms with Gasteiger partial charge in [0.1, 0.15) is 4.90 Å². The van der Waals surface area contributed by atoms with Gasteiger partial charge in [-0.15, -0.1) is 0 Å². The fourth-order valence-electron chi connectivity index (χ4n) is 3.71. The van der Waals surface area contributed by atoms with Gasteiger partial charge in [0, 0.05) is 45.0 Å². The van der Waals surface area contributed by atoms with Crippen LogP contribution in [0.15, 0.2) is 29.4 Å². The van der Waals surface area contributed by atoms with Gasteiger partial charge in [0.15, 0.2) is 11.5 Å². The number of carbonyl (C=O) groups excluding carboxylic acids is 1. The van der Waals surface area contributed by atoms with E-state index in [9.17, 15) is 13.2 Å². The summed E-state index contributed by atoms with van der Waals surface area (Å²) in [5.74, 6) is 1.16. The zero-order valence-electron chi connectivity index (χ0n) is 19.6. The van der Waals surface area contributed by atoms with Gasteiger partial charge in [-0.2, -0.15) is 9.40 Å². The first-order valence-corrected chi connectivity index (χ1v) is 12.6. The highest BCUT2D eigenvalue weighted by molar-refractivity contribution is 7.89. The van der Waals surface area contributed by atoms with E-state index in [1.165, 1.54) is 21.4 Å². The predicted octanol–water partition coefficient (Wildman–Crippen LogP) is 2.15. The molecule has 2 heterocycles. The average molecular weight is 481 g/mol. The van der Waals surface area contributed by atoms with Crippen molar-refractivity contribution in [1.82, 2.24) is 19.0 Å². The van der Waals surface area contributed by atoms with Gasteiger partial charge in [0.25, 0.3) is 5.91 Å². The SMILES string of the molecule is CCOc1cc(C(=O)N2CCCN(S(=O)(=O)c3cnn(C)c3)CC2)cc(OCC)c1OCC. The molecule has 1 fully saturated rings. The van der Waals surface area contributed by atoms with Crippen molar-refractivity contribution < 1.29 is 27.4 Å². The van der Waals surface area contributed by atoms with Crippen molar-refractivity contribution in [3.63, 3.8) is 0 Å². The maximum absolute atomic E-state index is 13.4. The highest BCUT2D eigenvalue weighted by Gasteiger charge is 2.30. The summed E-state index contributed by atoms with van der Waals surface area (Å²) in [6, 6.07) is 3.32. The number of hydrogen-bond donors (Lipinski definition) is 0. The van der Waals surface area contributed by atoms with E-state index in [0.29, 0.717) is 62.1 Å². The van der Waals surface area contributed by atoms with E-state index in [1.807, 2.05) is 20.8 Å². The third-order valence-corrected chi connectivity index (χ3v) is 7.07. The van der Waals surface area contributed by atoms with Crippen LogP contribution < -0.4 is 14.2 Å². The van der Waals surface area contributed by atoms with Gasteiger partial charge in [0.05, 0.1) is 26.0 Å². The minimum absolute atomic E-state index is 0.152. The lowest BCUT2D eigenvalue weighted by atomic mass is 10.1. The average Bonchev–Trinajstić information content (AvgIpc) is 3.08. The lowest BCUT2D eigenvalue weighted by molar-refractivity contribution is 0.0763. The molecule has 11 heteroatoms. The van der Waals surface area contributed by atoms with Gasteiger partial charge in [-0.05, 0) is 39.3 Å². The third kappa shape index (κ3) is 5.59. The number of rotatable bonds is 9. The second-order valence-electron chi connectivity index (χ2n) is 7.50. The van der Waals surface area contributed by atoms with Gasteiger partial charge in [-0.3, -0.25) is 9.48 Å². The van der Waals surface area contributed by atoms with Crippen LogP contribution in [0.25, 0.3) is 0 Å². The maximum Gasteiger partial charge on any atom is 0.254 e. The molecule has 2 aromatic rings. The molecule has 1 aromatic heterocycles. The monoisotopic (exact) mass is 480 g/mol. The van der Waals surface area contributed by atoms with Crippen LogP contribution in [-0.4, -0.2) is 79.3 Å². The quantitative estimate of drug-likeness (QED) is 0.542. The molecule has 0 N–H and O–H groups in total. The van der Waals surface area contributed by atoms with Crippen LogP contribution in [0.3, 0.4) is 0 Å². The van der Waals surface area contributed by atoms with E-state index in [1.54, 1.807) is 24.1 Å². The molecule has 0 spiro atoms. The second-order valence-corrected chi connectivity index (χ2v) is 9.44. The maximum atomic E-state index is 13.4. The molecule has 0 saturated carbocycles. The molecule has 1 saturated heterocycles. The molecule has 1 aliphatic heterocycles. The molecule has 1 amide bonds. The molecule has 182 valence electrons. The number of ether oxygens (including phenoxy) is 3. The molecule has 0 radical (unpaired) electrons. The number of aryl methyl sites for hydroxylation is 1. The molecule has 0 unspecified atom stereocenters. The van der Waals surface area contributed by atoms with Crippen LogP contribution in [0, 0.1) is 0 Å². The summed E-state index contributed by atoms with van der Waals surface area (Å²) in [4.78, 5) is 15.2. The topological polar surface area (TPSA) is 103 Å². The Hall–Kier alpha value is -2.79. The third-order valence-electron chi connectivity index (χ3n) is 5.22.